The lowest BCUT2D eigenvalue weighted by Gasteiger charge is -2.13. The highest BCUT2D eigenvalue weighted by atomic mass is 127. The number of aromatic nitrogens is 1. The predicted molar refractivity (Wildman–Crippen MR) is 118 cm³/mol. The zero-order valence-corrected chi connectivity index (χ0v) is 19.6. The summed E-state index contributed by atoms with van der Waals surface area (Å²) in [7, 11) is 3.38. The first-order valence-electron chi connectivity index (χ1n) is 8.05. The van der Waals surface area contributed by atoms with Gasteiger partial charge in [0.1, 0.15) is 11.5 Å². The SMILES string of the molecule is CN=C(NCc1ccc(OC)c(Br)c1)NCc1ncc(C(C)(C)C)o1.I. The Balaban J connectivity index is 0.00000338. The number of aliphatic imine (C=N–C) groups is 1. The molecule has 0 unspecified atom stereocenters. The summed E-state index contributed by atoms with van der Waals surface area (Å²) < 4.78 is 11.9. The maximum Gasteiger partial charge on any atom is 0.213 e. The number of benzene rings is 1. The van der Waals surface area contributed by atoms with E-state index in [9.17, 15) is 0 Å². The lowest BCUT2D eigenvalue weighted by molar-refractivity contribution is 0.379. The van der Waals surface area contributed by atoms with Gasteiger partial charge < -0.3 is 19.8 Å². The fourth-order valence-corrected chi connectivity index (χ4v) is 2.71. The van der Waals surface area contributed by atoms with Gasteiger partial charge in [-0.05, 0) is 33.6 Å². The van der Waals surface area contributed by atoms with Crippen molar-refractivity contribution in [2.24, 2.45) is 4.99 Å². The van der Waals surface area contributed by atoms with Crippen LogP contribution in [-0.4, -0.2) is 25.1 Å². The van der Waals surface area contributed by atoms with E-state index in [1.807, 2.05) is 18.2 Å². The van der Waals surface area contributed by atoms with Crippen molar-refractivity contribution in [2.45, 2.75) is 39.3 Å². The molecule has 2 rings (SSSR count). The molecule has 26 heavy (non-hydrogen) atoms. The van der Waals surface area contributed by atoms with Crippen LogP contribution < -0.4 is 15.4 Å². The molecule has 0 aliphatic carbocycles. The molecule has 0 atom stereocenters. The summed E-state index contributed by atoms with van der Waals surface area (Å²) in [5.41, 5.74) is 1.06. The monoisotopic (exact) mass is 536 g/mol. The number of oxazole rings is 1. The Morgan fingerprint density at radius 3 is 2.50 bits per heavy atom. The summed E-state index contributed by atoms with van der Waals surface area (Å²) in [5.74, 6) is 3.00. The fourth-order valence-electron chi connectivity index (χ4n) is 2.12. The molecular formula is C18H26BrIN4O2. The maximum atomic E-state index is 5.77. The molecule has 8 heteroatoms. The molecule has 0 aliphatic heterocycles. The number of nitrogens with zero attached hydrogens (tertiary/aromatic N) is 2. The van der Waals surface area contributed by atoms with Crippen LogP contribution in [0.5, 0.6) is 5.75 Å². The van der Waals surface area contributed by atoms with Gasteiger partial charge in [-0.25, -0.2) is 4.98 Å². The van der Waals surface area contributed by atoms with E-state index in [2.05, 4.69) is 57.3 Å². The first-order chi connectivity index (χ1) is 11.8. The molecule has 0 fully saturated rings. The van der Waals surface area contributed by atoms with Crippen LogP contribution in [0, 0.1) is 0 Å². The standard InChI is InChI=1S/C18H25BrN4O2.HI/c1-18(2,3)15-10-21-16(25-15)11-23-17(20-4)22-9-12-6-7-14(24-5)13(19)8-12;/h6-8,10H,9,11H2,1-5H3,(H2,20,22,23);1H. The number of halogens is 2. The van der Waals surface area contributed by atoms with Crippen molar-refractivity contribution in [1.29, 1.82) is 0 Å². The molecule has 2 N–H and O–H groups in total. The number of guanidine groups is 1. The molecule has 0 bridgehead atoms. The van der Waals surface area contributed by atoms with Crippen LogP contribution in [0.2, 0.25) is 0 Å². The van der Waals surface area contributed by atoms with Gasteiger partial charge in [0.25, 0.3) is 0 Å². The van der Waals surface area contributed by atoms with Crippen molar-refractivity contribution in [3.63, 3.8) is 0 Å². The van der Waals surface area contributed by atoms with Crippen LogP contribution in [0.4, 0.5) is 0 Å². The number of nitrogens with one attached hydrogen (secondary N) is 2. The second-order valence-corrected chi connectivity index (χ2v) is 7.47. The summed E-state index contributed by atoms with van der Waals surface area (Å²) in [4.78, 5) is 8.52. The molecule has 1 heterocycles. The first-order valence-corrected chi connectivity index (χ1v) is 8.85. The van der Waals surface area contributed by atoms with Gasteiger partial charge in [0.05, 0.1) is 24.3 Å². The highest BCUT2D eigenvalue weighted by Gasteiger charge is 2.19. The smallest absolute Gasteiger partial charge is 0.213 e. The zero-order chi connectivity index (χ0) is 18.4. The Morgan fingerprint density at radius 2 is 1.96 bits per heavy atom. The Kier molecular flexibility index (Phi) is 8.88. The highest BCUT2D eigenvalue weighted by Crippen LogP contribution is 2.25. The molecule has 0 saturated carbocycles. The number of hydrogen-bond acceptors (Lipinski definition) is 4. The molecule has 0 radical (unpaired) electrons. The van der Waals surface area contributed by atoms with Gasteiger partial charge in [-0.15, -0.1) is 24.0 Å². The lowest BCUT2D eigenvalue weighted by Crippen LogP contribution is -2.36. The third kappa shape index (κ3) is 6.46. The van der Waals surface area contributed by atoms with Gasteiger partial charge in [-0.2, -0.15) is 0 Å². The number of ether oxygens (including phenoxy) is 1. The van der Waals surface area contributed by atoms with E-state index in [0.717, 1.165) is 21.5 Å². The quantitative estimate of drug-likeness (QED) is 0.340. The normalized spacial score (nSPS) is 11.7. The van der Waals surface area contributed by atoms with Gasteiger partial charge in [0.2, 0.25) is 5.89 Å². The van der Waals surface area contributed by atoms with Crippen LogP contribution in [0.1, 0.15) is 38.0 Å². The van der Waals surface area contributed by atoms with E-state index in [4.69, 9.17) is 9.15 Å². The second-order valence-electron chi connectivity index (χ2n) is 6.62. The first kappa shape index (κ1) is 22.8. The minimum Gasteiger partial charge on any atom is -0.496 e. The Bertz CT molecular complexity index is 741. The van der Waals surface area contributed by atoms with Gasteiger partial charge in [0, 0.05) is 19.0 Å². The van der Waals surface area contributed by atoms with Crippen LogP contribution in [0.25, 0.3) is 0 Å². The van der Waals surface area contributed by atoms with E-state index in [1.165, 1.54) is 0 Å². The average molecular weight is 537 g/mol. The summed E-state index contributed by atoms with van der Waals surface area (Å²) in [5, 5.41) is 6.47. The molecule has 0 aliphatic rings. The minimum absolute atomic E-state index is 0. The van der Waals surface area contributed by atoms with Crippen LogP contribution in [0.15, 0.2) is 38.3 Å². The van der Waals surface area contributed by atoms with E-state index >= 15 is 0 Å². The number of rotatable bonds is 5. The minimum atomic E-state index is -0.0487. The second kappa shape index (κ2) is 10.1. The molecule has 1 aromatic carbocycles. The summed E-state index contributed by atoms with van der Waals surface area (Å²) in [6.45, 7) is 7.40. The fraction of sp³-hybridized carbons (Fsp3) is 0.444. The van der Waals surface area contributed by atoms with E-state index in [0.29, 0.717) is 24.9 Å². The van der Waals surface area contributed by atoms with Gasteiger partial charge in [-0.1, -0.05) is 26.8 Å². The van der Waals surface area contributed by atoms with Crippen molar-refractivity contribution >= 4 is 45.9 Å². The molecule has 144 valence electrons. The topological polar surface area (TPSA) is 71.7 Å². The molecule has 0 spiro atoms. The van der Waals surface area contributed by atoms with E-state index in [1.54, 1.807) is 20.4 Å². The van der Waals surface area contributed by atoms with Crippen molar-refractivity contribution in [1.82, 2.24) is 15.6 Å². The van der Waals surface area contributed by atoms with Gasteiger partial charge >= 0.3 is 0 Å². The largest absolute Gasteiger partial charge is 0.496 e. The molecule has 6 nitrogen and oxygen atoms in total. The van der Waals surface area contributed by atoms with Crippen molar-refractivity contribution in [3.8, 4) is 5.75 Å². The van der Waals surface area contributed by atoms with Crippen LogP contribution in [-0.2, 0) is 18.5 Å². The summed E-state index contributed by atoms with van der Waals surface area (Å²) in [6.07, 6.45) is 1.78. The Hall–Kier alpha value is -1.29. The maximum absolute atomic E-state index is 5.77. The summed E-state index contributed by atoms with van der Waals surface area (Å²) >= 11 is 3.49. The molecule has 2 aromatic rings. The van der Waals surface area contributed by atoms with E-state index < -0.39 is 0 Å². The van der Waals surface area contributed by atoms with Crippen molar-refractivity contribution in [2.75, 3.05) is 14.2 Å². The van der Waals surface area contributed by atoms with Gasteiger partial charge in [-0.3, -0.25) is 4.99 Å². The Morgan fingerprint density at radius 1 is 1.27 bits per heavy atom. The van der Waals surface area contributed by atoms with Crippen LogP contribution in [0.3, 0.4) is 0 Å². The van der Waals surface area contributed by atoms with Gasteiger partial charge in [0.15, 0.2) is 5.96 Å². The van der Waals surface area contributed by atoms with E-state index in [-0.39, 0.29) is 29.4 Å². The van der Waals surface area contributed by atoms with Crippen molar-refractivity contribution < 1.29 is 9.15 Å². The highest BCUT2D eigenvalue weighted by molar-refractivity contribution is 14.0. The number of methoxy groups -OCH3 is 1. The molecule has 0 saturated heterocycles. The third-order valence-corrected chi connectivity index (χ3v) is 4.22. The Labute approximate surface area is 180 Å². The molecule has 0 amide bonds. The third-order valence-electron chi connectivity index (χ3n) is 3.60. The number of hydrogen-bond donors (Lipinski definition) is 2. The predicted octanol–water partition coefficient (Wildman–Crippen LogP) is 4.23. The zero-order valence-electron chi connectivity index (χ0n) is 15.7. The average Bonchev–Trinajstić information content (AvgIpc) is 3.04. The lowest BCUT2D eigenvalue weighted by atomic mass is 9.94. The van der Waals surface area contributed by atoms with Crippen LogP contribution >= 0.6 is 39.9 Å². The molecular weight excluding hydrogens is 511 g/mol. The summed E-state index contributed by atoms with van der Waals surface area (Å²) in [6, 6.07) is 5.95. The van der Waals surface area contributed by atoms with Crippen molar-refractivity contribution in [3.05, 3.63) is 46.1 Å². The molecule has 1 aromatic heterocycles.